The third-order valence-corrected chi connectivity index (χ3v) is 6.48. The predicted molar refractivity (Wildman–Crippen MR) is 125 cm³/mol. The summed E-state index contributed by atoms with van der Waals surface area (Å²) < 4.78 is 9.91. The molecule has 0 amide bonds. The van der Waals surface area contributed by atoms with Crippen LogP contribution in [0.2, 0.25) is 0 Å². The lowest BCUT2D eigenvalue weighted by Crippen LogP contribution is -2.30. The molecule has 2 N–H and O–H groups in total. The Bertz CT molecular complexity index is 942. The molecular formula is C25H38N2O6. The van der Waals surface area contributed by atoms with Crippen LogP contribution in [0, 0.1) is 10.8 Å². The van der Waals surface area contributed by atoms with Crippen molar-refractivity contribution in [2.75, 3.05) is 0 Å². The summed E-state index contributed by atoms with van der Waals surface area (Å²) in [6, 6.07) is 0. The molecule has 0 bridgehead atoms. The summed E-state index contributed by atoms with van der Waals surface area (Å²) in [5.74, 6) is -0.270. The van der Waals surface area contributed by atoms with Crippen molar-refractivity contribution >= 4 is 12.1 Å². The minimum atomic E-state index is -0.512. The van der Waals surface area contributed by atoms with Gasteiger partial charge in [0.15, 0.2) is 0 Å². The molecule has 33 heavy (non-hydrogen) atoms. The molecule has 0 aliphatic rings. The number of ketones is 1. The number of rotatable bonds is 16. The van der Waals surface area contributed by atoms with Crippen molar-refractivity contribution in [2.45, 2.75) is 97.8 Å². The van der Waals surface area contributed by atoms with E-state index >= 15 is 0 Å². The van der Waals surface area contributed by atoms with Gasteiger partial charge in [-0.15, -0.1) is 0 Å². The van der Waals surface area contributed by atoms with Crippen molar-refractivity contribution in [3.63, 3.8) is 0 Å². The highest BCUT2D eigenvalue weighted by atomic mass is 16.5. The van der Waals surface area contributed by atoms with Crippen molar-refractivity contribution in [3.8, 4) is 0 Å². The minimum Gasteiger partial charge on any atom is -0.387 e. The van der Waals surface area contributed by atoms with Crippen LogP contribution in [-0.4, -0.2) is 22.4 Å². The maximum Gasteiger partial charge on any atom is 0.283 e. The second-order valence-corrected chi connectivity index (χ2v) is 10.4. The Balaban J connectivity index is 1.77. The van der Waals surface area contributed by atoms with Gasteiger partial charge in [0.05, 0.1) is 11.1 Å². The van der Waals surface area contributed by atoms with Crippen LogP contribution < -0.4 is 11.1 Å². The predicted octanol–water partition coefficient (Wildman–Crippen LogP) is 5.10. The average molecular weight is 463 g/mol. The van der Waals surface area contributed by atoms with Gasteiger partial charge in [0.1, 0.15) is 24.6 Å². The molecule has 0 atom stereocenters. The van der Waals surface area contributed by atoms with E-state index in [1.54, 1.807) is 0 Å². The molecule has 0 fully saturated rings. The Kier molecular flexibility index (Phi) is 9.68. The van der Waals surface area contributed by atoms with E-state index < -0.39 is 11.3 Å². The Morgan fingerprint density at radius 2 is 1.36 bits per heavy atom. The highest BCUT2D eigenvalue weighted by Gasteiger charge is 2.37. The van der Waals surface area contributed by atoms with Gasteiger partial charge < -0.3 is 13.8 Å². The molecule has 2 aromatic rings. The number of aromatic amines is 2. The van der Waals surface area contributed by atoms with Gasteiger partial charge in [-0.1, -0.05) is 53.4 Å². The second kappa shape index (κ2) is 12.0. The van der Waals surface area contributed by atoms with Gasteiger partial charge in [-0.25, -0.2) is 0 Å². The summed E-state index contributed by atoms with van der Waals surface area (Å²) in [4.78, 5) is 47.7. The zero-order valence-electron chi connectivity index (χ0n) is 20.3. The number of Topliss-reactive ketones (excluding diaryl/α,β-unsaturated/α-hetero) is 1. The first-order valence-corrected chi connectivity index (χ1v) is 11.9. The van der Waals surface area contributed by atoms with E-state index in [1.807, 2.05) is 27.7 Å². The topological polar surface area (TPSA) is 126 Å². The Hall–Kier alpha value is -2.64. The lowest BCUT2D eigenvalue weighted by atomic mass is 9.70. The van der Waals surface area contributed by atoms with Gasteiger partial charge in [-0.05, 0) is 31.1 Å². The van der Waals surface area contributed by atoms with Crippen LogP contribution >= 0.6 is 0 Å². The molecule has 0 aliphatic heterocycles. The van der Waals surface area contributed by atoms with E-state index in [-0.39, 0.29) is 22.3 Å². The van der Waals surface area contributed by atoms with E-state index in [1.165, 1.54) is 12.5 Å². The number of hydrogen-bond donors (Lipinski definition) is 2. The van der Waals surface area contributed by atoms with Crippen molar-refractivity contribution in [3.05, 3.63) is 44.4 Å². The molecule has 2 aromatic heterocycles. The number of aldehydes is 1. The summed E-state index contributed by atoms with van der Waals surface area (Å²) in [6.07, 6.45) is 12.1. The molecule has 8 nitrogen and oxygen atoms in total. The Morgan fingerprint density at radius 1 is 0.848 bits per heavy atom. The molecular weight excluding hydrogens is 424 g/mol. The fourth-order valence-electron chi connectivity index (χ4n) is 4.43. The van der Waals surface area contributed by atoms with Crippen molar-refractivity contribution in [1.29, 1.82) is 0 Å². The molecule has 0 aromatic carbocycles. The summed E-state index contributed by atoms with van der Waals surface area (Å²) >= 11 is 0. The zero-order valence-corrected chi connectivity index (χ0v) is 20.3. The fraction of sp³-hybridized carbons (Fsp3) is 0.680. The number of unbranched alkanes of at least 4 members (excludes halogenated alkanes) is 4. The number of nitrogens with one attached hydrogen (secondary N) is 2. The minimum absolute atomic E-state index is 0.237. The van der Waals surface area contributed by atoms with Crippen LogP contribution in [-0.2, 0) is 9.59 Å². The Morgan fingerprint density at radius 3 is 1.88 bits per heavy atom. The van der Waals surface area contributed by atoms with E-state index in [0.29, 0.717) is 36.8 Å². The van der Waals surface area contributed by atoms with E-state index in [9.17, 15) is 19.2 Å². The molecule has 2 heterocycles. The molecule has 0 unspecified atom stereocenters. The molecule has 0 aliphatic carbocycles. The van der Waals surface area contributed by atoms with Crippen LogP contribution in [0.1, 0.15) is 109 Å². The van der Waals surface area contributed by atoms with Gasteiger partial charge in [-0.2, -0.15) is 10.3 Å². The standard InChI is InChI=1S/C25H38N2O6/c1-24(2,17-28)13-9-7-5-6-8-11-18(29)12-10-14-25(3,4)21(19-15-32-26-22(19)30)20-16-33-27-23(20)31/h15-17,21H,5-14H2,1-4H3,(H,26,30)(H,27,31). The SMILES string of the molecule is CC(C)(C=O)CCCCCCCC(=O)CCCC(C)(C)C(c1co[nH]c1=O)c1co[nH]c1=O. The molecule has 2 rings (SSSR count). The van der Waals surface area contributed by atoms with Gasteiger partial charge in [0.25, 0.3) is 11.1 Å². The summed E-state index contributed by atoms with van der Waals surface area (Å²) in [5.41, 5.74) is -0.717. The highest BCUT2D eigenvalue weighted by Crippen LogP contribution is 2.42. The van der Waals surface area contributed by atoms with Crippen molar-refractivity contribution < 1.29 is 18.6 Å². The van der Waals surface area contributed by atoms with Crippen LogP contribution in [0.15, 0.2) is 31.2 Å². The van der Waals surface area contributed by atoms with Crippen LogP contribution in [0.5, 0.6) is 0 Å². The van der Waals surface area contributed by atoms with E-state index in [4.69, 9.17) is 9.05 Å². The van der Waals surface area contributed by atoms with Crippen molar-refractivity contribution in [2.24, 2.45) is 10.8 Å². The smallest absolute Gasteiger partial charge is 0.283 e. The largest absolute Gasteiger partial charge is 0.387 e. The number of H-pyrrole nitrogens is 2. The monoisotopic (exact) mass is 462 g/mol. The van der Waals surface area contributed by atoms with Crippen LogP contribution in [0.4, 0.5) is 0 Å². The third kappa shape index (κ3) is 8.02. The molecule has 0 saturated heterocycles. The van der Waals surface area contributed by atoms with Crippen molar-refractivity contribution in [1.82, 2.24) is 10.3 Å². The van der Waals surface area contributed by atoms with Gasteiger partial charge in [0.2, 0.25) is 0 Å². The lowest BCUT2D eigenvalue weighted by Gasteiger charge is -2.32. The number of hydrogen-bond acceptors (Lipinski definition) is 6. The van der Waals surface area contributed by atoms with E-state index in [0.717, 1.165) is 44.8 Å². The summed E-state index contributed by atoms with van der Waals surface area (Å²) in [7, 11) is 0. The van der Waals surface area contributed by atoms with Gasteiger partial charge in [0, 0.05) is 24.2 Å². The lowest BCUT2D eigenvalue weighted by molar-refractivity contribution is -0.119. The Labute approximate surface area is 194 Å². The number of carbonyl (C=O) groups is 2. The molecule has 8 heteroatoms. The molecule has 0 spiro atoms. The molecule has 184 valence electrons. The first-order valence-electron chi connectivity index (χ1n) is 11.9. The zero-order chi connectivity index (χ0) is 24.5. The highest BCUT2D eigenvalue weighted by molar-refractivity contribution is 5.78. The first kappa shape index (κ1) is 26.6. The normalized spacial score (nSPS) is 12.4. The first-order chi connectivity index (χ1) is 15.6. The third-order valence-electron chi connectivity index (χ3n) is 6.48. The molecule has 0 radical (unpaired) electrons. The summed E-state index contributed by atoms with van der Waals surface area (Å²) in [5, 5.41) is 4.57. The summed E-state index contributed by atoms with van der Waals surface area (Å²) in [6.45, 7) is 7.88. The average Bonchev–Trinajstić information content (AvgIpc) is 3.36. The maximum absolute atomic E-state index is 12.3. The number of aromatic nitrogens is 2. The van der Waals surface area contributed by atoms with E-state index in [2.05, 4.69) is 10.3 Å². The molecule has 0 saturated carbocycles. The fourth-order valence-corrected chi connectivity index (χ4v) is 4.43. The van der Waals surface area contributed by atoms with Crippen LogP contribution in [0.3, 0.4) is 0 Å². The second-order valence-electron chi connectivity index (χ2n) is 10.4. The van der Waals surface area contributed by atoms with Crippen LogP contribution in [0.25, 0.3) is 0 Å². The van der Waals surface area contributed by atoms with Gasteiger partial charge >= 0.3 is 0 Å². The number of carbonyl (C=O) groups excluding carboxylic acids is 2. The quantitative estimate of drug-likeness (QED) is 0.264. The maximum atomic E-state index is 12.3. The van der Waals surface area contributed by atoms with Gasteiger partial charge in [-0.3, -0.25) is 14.4 Å².